The summed E-state index contributed by atoms with van der Waals surface area (Å²) in [4.78, 5) is 8.17. The van der Waals surface area contributed by atoms with Gasteiger partial charge in [-0.15, -0.1) is 48.5 Å². The molecule has 0 saturated heterocycles. The maximum Gasteiger partial charge on any atom is 2.00 e. The third-order valence-electron chi connectivity index (χ3n) is 25.1. The van der Waals surface area contributed by atoms with E-state index < -0.39 is 91.9 Å². The number of aromatic nitrogens is 2. The van der Waals surface area contributed by atoms with Crippen molar-refractivity contribution in [2.24, 2.45) is 0 Å². The molecule has 2 aromatic heterocycles. The van der Waals surface area contributed by atoms with Crippen LogP contribution in [0.3, 0.4) is 0 Å². The number of aryl methyl sites for hydroxylation is 4. The first kappa shape index (κ1) is 111. The van der Waals surface area contributed by atoms with Crippen molar-refractivity contribution in [2.75, 3.05) is 54.4 Å². The van der Waals surface area contributed by atoms with Crippen molar-refractivity contribution < 1.29 is 116 Å². The van der Waals surface area contributed by atoms with Gasteiger partial charge in [0.2, 0.25) is 11.6 Å². The Kier molecular flexibility index (Phi) is 36.1. The Balaban J connectivity index is 0.000000260. The molecule has 0 atom stereocenters. The van der Waals surface area contributed by atoms with Gasteiger partial charge < -0.3 is 48.4 Å². The molecule has 0 fully saturated rings. The monoisotopic (exact) mass is 2080 g/mol. The van der Waals surface area contributed by atoms with Crippen LogP contribution in [0.5, 0.6) is 23.0 Å². The number of ether oxygens (including phenoxy) is 2. The second-order valence-corrected chi connectivity index (χ2v) is 40.9. The molecular formula is C120H124F10N6O4Zr2. The summed E-state index contributed by atoms with van der Waals surface area (Å²) in [7, 11) is 7.68. The van der Waals surface area contributed by atoms with E-state index in [1.54, 1.807) is 23.9 Å². The van der Waals surface area contributed by atoms with Crippen molar-refractivity contribution in [2.45, 2.75) is 159 Å². The van der Waals surface area contributed by atoms with Crippen LogP contribution in [0.25, 0.3) is 77.2 Å². The fourth-order valence-electron chi connectivity index (χ4n) is 17.4. The summed E-state index contributed by atoms with van der Waals surface area (Å²) >= 11 is 0. The molecule has 0 aliphatic heterocycles. The van der Waals surface area contributed by atoms with Crippen LogP contribution in [0.4, 0.5) is 43.9 Å². The Bertz CT molecular complexity index is 6550. The molecule has 0 unspecified atom stereocenters. The van der Waals surface area contributed by atoms with Crippen molar-refractivity contribution >= 4 is 43.6 Å². The molecule has 14 aromatic carbocycles. The Morgan fingerprint density at radius 3 is 0.761 bits per heavy atom. The van der Waals surface area contributed by atoms with Gasteiger partial charge in [0.1, 0.15) is 23.0 Å². The van der Waals surface area contributed by atoms with Crippen LogP contribution in [0.2, 0.25) is 0 Å². The SMILES string of the molecule is Cc1cc(CN(C)CCN(C)Cc2cc(C)cc(-c3c(F)c(F)c(F)c(F)c3F)c2O)c(O)c(-c2c(F)c(F)c(F)c(F)c2F)c1.Cc1cc(CN(C)CCN(C)Cc2cc(C)cc(-n3c4ccc(C(C)(C)C)cc4c4cc(C(C)(C)C)ccc43)c2O[CH-]c2ccccc2)c(O[CH-]c2ccccc2)c(-n2c3ccc(C(C)(C)C)cc3c3cc(C(C)(C)C)ccc32)c1.[CH2-]c1ccccc1.[CH2-]c1ccccc1.[Zr+2].[Zr+2]. The molecule has 16 rings (SSSR count). The zero-order chi connectivity index (χ0) is 102. The van der Waals surface area contributed by atoms with Gasteiger partial charge in [-0.25, -0.2) is 43.9 Å². The summed E-state index contributed by atoms with van der Waals surface area (Å²) in [5.41, 5.74) is 18.1. The van der Waals surface area contributed by atoms with Gasteiger partial charge >= 0.3 is 52.4 Å². The van der Waals surface area contributed by atoms with E-state index in [9.17, 15) is 54.1 Å². The average Bonchev–Trinajstić information content (AvgIpc) is 1.59. The van der Waals surface area contributed by atoms with Crippen LogP contribution in [0, 0.1) is 113 Å². The molecule has 22 heteroatoms. The van der Waals surface area contributed by atoms with E-state index >= 15 is 0 Å². The molecule has 0 aliphatic carbocycles. The van der Waals surface area contributed by atoms with Gasteiger partial charge in [-0.05, 0) is 208 Å². The van der Waals surface area contributed by atoms with E-state index in [1.165, 1.54) is 103 Å². The molecule has 0 aliphatic rings. The molecular weight excluding hydrogens is 1960 g/mol. The van der Waals surface area contributed by atoms with E-state index in [-0.39, 0.29) is 111 Å². The van der Waals surface area contributed by atoms with Crippen molar-refractivity contribution in [3.63, 3.8) is 0 Å². The summed E-state index contributed by atoms with van der Waals surface area (Å²) in [5.74, 6) is -21.3. The summed E-state index contributed by atoms with van der Waals surface area (Å²) in [5, 5.41) is 26.6. The summed E-state index contributed by atoms with van der Waals surface area (Å²) in [6.45, 7) is 49.7. The standard InChI is InChI=1S/C74H84N4O2.C32H26F10N2O2.2C7H7.2Zr/c1-49-37-53(69(79-47-51-23-19-17-20-24-51)67(39-49)77-63-31-27-55(71(3,4)5)41-59(63)60-42-56(72(6,7)8)28-32-64(60)77)45-75(15)35-36-76(16)46-54-38-50(2)40-68(70(54)80-48-52-25-21-18-22-26-52)78-65-33-29-57(73(9,10)11)43-61(65)62-44-58(74(12,13)14)30-34-66(62)78;1-13-7-15(31(45)17(9-13)19-21(33)25(37)29(41)26(38)22(19)34)11-43(3)5-6-44(4)12-16-8-14(2)10-18(32(16)46)20-23(35)27(39)30(42)28(40)24(20)36;2*1-7-5-3-2-4-6-7;;/h17-34,37-44,47-48H,35-36,45-46H2,1-16H3;7-10,45-46H,5-6,11-12H2,1-4H3;2*2-6H,1H2;;/q-2;;2*-1;2*+2. The van der Waals surface area contributed by atoms with Crippen LogP contribution in [0.15, 0.2) is 243 Å². The van der Waals surface area contributed by atoms with Gasteiger partial charge in [-0.1, -0.05) is 156 Å². The quantitative estimate of drug-likeness (QED) is 0.0268. The first-order valence-corrected chi connectivity index (χ1v) is 46.8. The van der Waals surface area contributed by atoms with Crippen LogP contribution >= 0.6 is 0 Å². The molecule has 0 saturated carbocycles. The van der Waals surface area contributed by atoms with Gasteiger partial charge in [-0.3, -0.25) is 0 Å². The van der Waals surface area contributed by atoms with Crippen molar-refractivity contribution in [3.8, 4) is 56.6 Å². The Labute approximate surface area is 868 Å². The number of phenolic OH excluding ortho intramolecular Hbond substituents is 2. The van der Waals surface area contributed by atoms with Crippen LogP contribution < -0.4 is 9.47 Å². The average molecular weight is 2090 g/mol. The molecule has 2 heterocycles. The zero-order valence-corrected chi connectivity index (χ0v) is 89.4. The summed E-state index contributed by atoms with van der Waals surface area (Å²) in [6, 6.07) is 83.0. The molecule has 0 bridgehead atoms. The second kappa shape index (κ2) is 46.3. The number of hydrogen-bond donors (Lipinski definition) is 2. The van der Waals surface area contributed by atoms with Crippen molar-refractivity contribution in [1.29, 1.82) is 0 Å². The normalized spacial score (nSPS) is 11.8. The number of halogens is 10. The molecule has 0 spiro atoms. The second-order valence-electron chi connectivity index (χ2n) is 40.9. The Morgan fingerprint density at radius 2 is 0.521 bits per heavy atom. The van der Waals surface area contributed by atoms with Crippen LogP contribution in [-0.2, 0) is 100 Å². The summed E-state index contributed by atoms with van der Waals surface area (Å²) < 4.78 is 159. The molecule has 142 heavy (non-hydrogen) atoms. The maximum atomic E-state index is 14.5. The van der Waals surface area contributed by atoms with E-state index in [4.69, 9.17) is 9.47 Å². The number of hydrogen-bond acceptors (Lipinski definition) is 8. The topological polar surface area (TPSA) is 81.7 Å². The molecule has 736 valence electrons. The fourth-order valence-corrected chi connectivity index (χ4v) is 17.4. The first-order valence-electron chi connectivity index (χ1n) is 46.8. The molecule has 2 N–H and O–H groups in total. The van der Waals surface area contributed by atoms with Crippen molar-refractivity contribution in [1.82, 2.24) is 28.7 Å². The number of nitrogens with zero attached hydrogens (tertiary/aromatic N) is 6. The third kappa shape index (κ3) is 25.7. The predicted octanol–water partition coefficient (Wildman–Crippen LogP) is 30.2. The number of fused-ring (bicyclic) bond motifs is 6. The Morgan fingerprint density at radius 1 is 0.296 bits per heavy atom. The number of benzene rings is 14. The summed E-state index contributed by atoms with van der Waals surface area (Å²) in [6.07, 6.45) is 0. The van der Waals surface area contributed by atoms with Crippen molar-refractivity contribution in [3.05, 3.63) is 417 Å². The smallest absolute Gasteiger partial charge is 0.521 e. The van der Waals surface area contributed by atoms with Gasteiger partial charge in [-0.2, -0.15) is 84.6 Å². The van der Waals surface area contributed by atoms with Crippen LogP contribution in [-0.4, -0.2) is 93.3 Å². The minimum Gasteiger partial charge on any atom is -0.521 e. The number of aromatic hydroxyl groups is 2. The van der Waals surface area contributed by atoms with E-state index in [0.29, 0.717) is 24.2 Å². The Hall–Kier alpha value is -11.7. The fraction of sp³-hybridized carbons (Fsp3) is 0.267. The third-order valence-corrected chi connectivity index (χ3v) is 25.1. The van der Waals surface area contributed by atoms with Gasteiger partial charge in [0.05, 0.1) is 44.6 Å². The number of phenols is 2. The van der Waals surface area contributed by atoms with E-state index in [0.717, 1.165) is 81.5 Å². The minimum atomic E-state index is -2.33. The molecule has 10 nitrogen and oxygen atoms in total. The maximum absolute atomic E-state index is 14.5. The molecule has 0 radical (unpaired) electrons. The zero-order valence-electron chi connectivity index (χ0n) is 84.5. The first-order chi connectivity index (χ1) is 66.1. The van der Waals surface area contributed by atoms with Gasteiger partial charge in [0, 0.05) is 107 Å². The minimum absolute atomic E-state index is 0. The van der Waals surface area contributed by atoms with E-state index in [2.05, 4.69) is 289 Å². The van der Waals surface area contributed by atoms with E-state index in [1.807, 2.05) is 86.0 Å². The molecule has 16 aromatic rings. The largest absolute Gasteiger partial charge is 2.00 e. The molecule has 0 amide bonds. The number of rotatable bonds is 24. The number of likely N-dealkylation sites (N-methyl/N-ethyl adjacent to an activating group) is 4. The predicted molar refractivity (Wildman–Crippen MR) is 550 cm³/mol. The van der Waals surface area contributed by atoms with Gasteiger partial charge in [0.15, 0.2) is 46.5 Å². The van der Waals surface area contributed by atoms with Crippen LogP contribution in [0.1, 0.15) is 172 Å². The van der Waals surface area contributed by atoms with Gasteiger partial charge in [0.25, 0.3) is 0 Å².